The molecule has 0 radical (unpaired) electrons. The number of aliphatic hydroxyl groups excluding tert-OH is 1. The van der Waals surface area contributed by atoms with Crippen molar-refractivity contribution in [3.05, 3.63) is 29.6 Å². The topological polar surface area (TPSA) is 59.1 Å². The van der Waals surface area contributed by atoms with Gasteiger partial charge in [-0.15, -0.1) is 0 Å². The number of nitrogens with two attached hydrogens (primary N) is 1. The van der Waals surface area contributed by atoms with Gasteiger partial charge in [-0.25, -0.2) is 0 Å². The molecule has 1 aromatic rings. The van der Waals surface area contributed by atoms with E-state index in [1.165, 1.54) is 6.07 Å². The van der Waals surface area contributed by atoms with Gasteiger partial charge in [-0.3, -0.25) is 0 Å². The first-order valence-corrected chi connectivity index (χ1v) is 3.33. The Labute approximate surface area is 67.8 Å². The Kier molecular flexibility index (Phi) is 2.67. The van der Waals surface area contributed by atoms with Crippen LogP contribution in [0.4, 0.5) is 8.78 Å². The Balaban J connectivity index is 3.01. The molecule has 0 fully saturated rings. The second kappa shape index (κ2) is 3.55. The molecule has 1 rings (SSSR count). The standard InChI is InChI=1S/C7H8F2N2O/c8-6-2-1-4(5(10)3-12)7(9)11-6/h1-2,5,12H,3,10H2/t5-/m0/s1. The maximum absolute atomic E-state index is 12.7. The molecule has 1 atom stereocenters. The third kappa shape index (κ3) is 1.75. The summed E-state index contributed by atoms with van der Waals surface area (Å²) in [5.74, 6) is -1.88. The summed E-state index contributed by atoms with van der Waals surface area (Å²) in [6.45, 7) is -0.399. The average Bonchev–Trinajstić information content (AvgIpc) is 2.03. The van der Waals surface area contributed by atoms with E-state index in [1.54, 1.807) is 0 Å². The van der Waals surface area contributed by atoms with Crippen LogP contribution in [-0.2, 0) is 0 Å². The van der Waals surface area contributed by atoms with Crippen LogP contribution in [0.25, 0.3) is 0 Å². The highest BCUT2D eigenvalue weighted by atomic mass is 19.1. The molecule has 0 aromatic carbocycles. The monoisotopic (exact) mass is 174 g/mol. The van der Waals surface area contributed by atoms with E-state index in [1.807, 2.05) is 0 Å². The van der Waals surface area contributed by atoms with E-state index in [-0.39, 0.29) is 5.56 Å². The summed E-state index contributed by atoms with van der Waals surface area (Å²) in [6, 6.07) is 1.31. The number of aliphatic hydroxyl groups is 1. The molecule has 0 saturated carbocycles. The Morgan fingerprint density at radius 3 is 2.67 bits per heavy atom. The minimum Gasteiger partial charge on any atom is -0.394 e. The third-order valence-electron chi connectivity index (χ3n) is 1.44. The smallest absolute Gasteiger partial charge is 0.220 e. The summed E-state index contributed by atoms with van der Waals surface area (Å²) >= 11 is 0. The second-order valence-corrected chi connectivity index (χ2v) is 2.30. The normalized spacial score (nSPS) is 13.0. The van der Waals surface area contributed by atoms with Crippen LogP contribution < -0.4 is 5.73 Å². The van der Waals surface area contributed by atoms with Gasteiger partial charge in [0.05, 0.1) is 12.6 Å². The zero-order chi connectivity index (χ0) is 9.14. The summed E-state index contributed by atoms with van der Waals surface area (Å²) in [6.07, 6.45) is 0. The fourth-order valence-electron chi connectivity index (χ4n) is 0.798. The largest absolute Gasteiger partial charge is 0.394 e. The molecule has 1 heterocycles. The SMILES string of the molecule is N[C@@H](CO)c1ccc(F)nc1F. The van der Waals surface area contributed by atoms with E-state index in [0.29, 0.717) is 0 Å². The van der Waals surface area contributed by atoms with E-state index in [4.69, 9.17) is 10.8 Å². The molecule has 1 aromatic heterocycles. The zero-order valence-corrected chi connectivity index (χ0v) is 6.17. The molecule has 66 valence electrons. The molecule has 3 N–H and O–H groups in total. The van der Waals surface area contributed by atoms with Crippen molar-refractivity contribution in [1.29, 1.82) is 0 Å². The molecule has 0 spiro atoms. The molecule has 0 aliphatic carbocycles. The lowest BCUT2D eigenvalue weighted by Gasteiger charge is -2.07. The Morgan fingerprint density at radius 1 is 1.50 bits per heavy atom. The van der Waals surface area contributed by atoms with Crippen molar-refractivity contribution in [2.45, 2.75) is 6.04 Å². The van der Waals surface area contributed by atoms with Crippen LogP contribution in [0.5, 0.6) is 0 Å². The lowest BCUT2D eigenvalue weighted by atomic mass is 10.1. The molecule has 5 heteroatoms. The van der Waals surface area contributed by atoms with Crippen molar-refractivity contribution in [2.24, 2.45) is 5.73 Å². The van der Waals surface area contributed by atoms with Gasteiger partial charge in [0.25, 0.3) is 0 Å². The van der Waals surface area contributed by atoms with E-state index in [2.05, 4.69) is 4.98 Å². The van der Waals surface area contributed by atoms with Crippen molar-refractivity contribution in [2.75, 3.05) is 6.61 Å². The second-order valence-electron chi connectivity index (χ2n) is 2.30. The van der Waals surface area contributed by atoms with E-state index >= 15 is 0 Å². The van der Waals surface area contributed by atoms with Crippen LogP contribution in [0.1, 0.15) is 11.6 Å². The van der Waals surface area contributed by atoms with Gasteiger partial charge in [-0.1, -0.05) is 0 Å². The van der Waals surface area contributed by atoms with Crippen LogP contribution in [0.15, 0.2) is 12.1 Å². The van der Waals surface area contributed by atoms with Crippen LogP contribution in [0, 0.1) is 11.9 Å². The summed E-state index contributed by atoms with van der Waals surface area (Å²) in [5, 5.41) is 8.57. The molecule has 0 aliphatic rings. The third-order valence-corrected chi connectivity index (χ3v) is 1.44. The first kappa shape index (κ1) is 9.02. The first-order valence-electron chi connectivity index (χ1n) is 3.33. The molecule has 0 saturated heterocycles. The Morgan fingerprint density at radius 2 is 2.17 bits per heavy atom. The number of hydrogen-bond acceptors (Lipinski definition) is 3. The van der Waals surface area contributed by atoms with Gasteiger partial charge in [0, 0.05) is 5.56 Å². The first-order chi connectivity index (χ1) is 5.65. The number of halogens is 2. The van der Waals surface area contributed by atoms with Gasteiger partial charge in [0.2, 0.25) is 11.9 Å². The maximum atomic E-state index is 12.7. The van der Waals surface area contributed by atoms with Crippen molar-refractivity contribution >= 4 is 0 Å². The van der Waals surface area contributed by atoms with Gasteiger partial charge >= 0.3 is 0 Å². The van der Waals surface area contributed by atoms with Crippen molar-refractivity contribution in [3.8, 4) is 0 Å². The zero-order valence-electron chi connectivity index (χ0n) is 6.17. The van der Waals surface area contributed by atoms with E-state index < -0.39 is 24.5 Å². The van der Waals surface area contributed by atoms with Crippen LogP contribution in [-0.4, -0.2) is 16.7 Å². The van der Waals surface area contributed by atoms with E-state index in [0.717, 1.165) is 6.07 Å². The van der Waals surface area contributed by atoms with Crippen LogP contribution in [0.3, 0.4) is 0 Å². The van der Waals surface area contributed by atoms with Gasteiger partial charge in [0.15, 0.2) is 0 Å². The highest BCUT2D eigenvalue weighted by molar-refractivity contribution is 5.15. The van der Waals surface area contributed by atoms with Gasteiger partial charge in [-0.2, -0.15) is 13.8 Å². The minimum absolute atomic E-state index is 0.0129. The quantitative estimate of drug-likeness (QED) is 0.636. The predicted octanol–water partition coefficient (Wildman–Crippen LogP) is 0.352. The van der Waals surface area contributed by atoms with E-state index in [9.17, 15) is 8.78 Å². The van der Waals surface area contributed by atoms with Crippen LogP contribution in [0.2, 0.25) is 0 Å². The number of pyridine rings is 1. The van der Waals surface area contributed by atoms with Gasteiger partial charge in [0.1, 0.15) is 0 Å². The highest BCUT2D eigenvalue weighted by Crippen LogP contribution is 2.12. The summed E-state index contributed by atoms with van der Waals surface area (Å²) in [4.78, 5) is 2.92. The molecule has 12 heavy (non-hydrogen) atoms. The molecular weight excluding hydrogens is 166 g/mol. The Hall–Kier alpha value is -1.07. The predicted molar refractivity (Wildman–Crippen MR) is 38.2 cm³/mol. The molecule has 3 nitrogen and oxygen atoms in total. The molecule has 0 unspecified atom stereocenters. The fraction of sp³-hybridized carbons (Fsp3) is 0.286. The molecule has 0 bridgehead atoms. The molecule has 0 amide bonds. The van der Waals surface area contributed by atoms with Crippen molar-refractivity contribution < 1.29 is 13.9 Å². The molecule has 0 aliphatic heterocycles. The maximum Gasteiger partial charge on any atom is 0.220 e. The lowest BCUT2D eigenvalue weighted by molar-refractivity contribution is 0.264. The number of hydrogen-bond donors (Lipinski definition) is 2. The number of nitrogens with zero attached hydrogens (tertiary/aromatic N) is 1. The summed E-state index contributed by atoms with van der Waals surface area (Å²) in [5.41, 5.74) is 5.31. The average molecular weight is 174 g/mol. The van der Waals surface area contributed by atoms with Crippen molar-refractivity contribution in [3.63, 3.8) is 0 Å². The summed E-state index contributed by atoms with van der Waals surface area (Å²) in [7, 11) is 0. The van der Waals surface area contributed by atoms with Gasteiger partial charge in [-0.05, 0) is 12.1 Å². The molecular formula is C7H8F2N2O. The number of aromatic nitrogens is 1. The highest BCUT2D eigenvalue weighted by Gasteiger charge is 2.11. The summed E-state index contributed by atoms with van der Waals surface area (Å²) < 4.78 is 25.0. The van der Waals surface area contributed by atoms with Crippen LogP contribution >= 0.6 is 0 Å². The number of rotatable bonds is 2. The minimum atomic E-state index is -0.975. The fourth-order valence-corrected chi connectivity index (χ4v) is 0.798. The van der Waals surface area contributed by atoms with Crippen molar-refractivity contribution in [1.82, 2.24) is 4.98 Å². The Bertz CT molecular complexity index is 280. The lowest BCUT2D eigenvalue weighted by Crippen LogP contribution is -2.16. The van der Waals surface area contributed by atoms with Gasteiger partial charge < -0.3 is 10.8 Å².